The second-order valence-electron chi connectivity index (χ2n) is 36.4. The molecule has 7 heterocycles. The standard InChI is InChI=1S/C22H27ClN4O.2C20H25N3O.C19H21N3O2.C18H19ClN4O/c1-26(2)13-18-10-9-16-7-4-8-17(21(16)18)14-27(12-15-5-3-6-15)22(28)19-11-20(23)25-24-19;1-14-11-19(22-21-14)20(24)23(12-15-5-2-6-15)13-17-9-3-7-16-8-4-10-18(16)17;1-14-11-18(22-21-14)19(24)23(13-20(2,3)4)12-16-9-5-7-15-8-6-10-17(15)16;1-13-8-18(21-20-13)19(23)22(9-14-11-24-12-14)10-16-6-2-4-15-5-3-7-17(15)16;19-16-9-15(21-22-16)18(24)23(10-12-3-1-4-12)11-14-6-2-5-13-7-8-20-17(13)14/h4,7-8,10-11,15H,3,5-6,9,12-14H2,1-2H3,(H,24,25);3,7,9,11,15H,2,4-6,8,10,12-13H2,1H3,(H,21,22);5-7,9-11H,8,12-13H2,1-4H3,(H,21,22);2-4,6-8,14H,5,9-12H2,1H3,(H,20,21);2,5-6,8-9,12H,1,3-4,7,10-11H2,(H,21,22). The van der Waals surface area contributed by atoms with Crippen LogP contribution in [0.15, 0.2) is 145 Å². The fraction of sp³-hybridized carbons (Fsp3) is 0.424. The summed E-state index contributed by atoms with van der Waals surface area (Å²) in [4.78, 5) is 81.3. The Hall–Kier alpha value is -11.1. The van der Waals surface area contributed by atoms with Crippen molar-refractivity contribution in [1.29, 1.82) is 0 Å². The molecule has 3 saturated carbocycles. The number of fused-ring (bicyclic) bond motifs is 5. The molecule has 0 radical (unpaired) electrons. The molecule has 4 fully saturated rings. The number of amides is 5. The molecule has 5 aromatic heterocycles. The number of carbonyl (C=O) groups is 5. The van der Waals surface area contributed by atoms with Crippen molar-refractivity contribution >= 4 is 82.4 Å². The maximum absolute atomic E-state index is 13.2. The number of allylic oxidation sites excluding steroid dienone is 3. The van der Waals surface area contributed by atoms with E-state index in [0.29, 0.717) is 108 Å². The third-order valence-corrected chi connectivity index (χ3v) is 25.3. The Morgan fingerprint density at radius 1 is 0.427 bits per heavy atom. The SMILES string of the molecule is CN(C)CC1=CCc2cccc(CN(CC3CCC3)C(=O)c3cc(Cl)[nH]n3)c21.Cc1cc(C(=O)N(Cc2cccc3c2C=CC3)CC(C)(C)C)n[nH]1.Cc1cc(C(=O)N(Cc2cccc3c2C=CC3)CC2COC2)n[nH]1.Cc1cc(C(=O)N(Cc2cccc3c2CCC3)CC2CCC2)n[nH]1.O=C(c1cc(Cl)[nH]n1)N(Cc1cccc2c1N=CC2)CC1CCC1. The fourth-order valence-corrected chi connectivity index (χ4v) is 18.2. The lowest BCUT2D eigenvalue weighted by Crippen LogP contribution is -2.42. The number of ether oxygens (including phenoxy) is 1. The summed E-state index contributed by atoms with van der Waals surface area (Å²) < 4.78 is 5.28. The van der Waals surface area contributed by atoms with Crippen LogP contribution in [0.5, 0.6) is 0 Å². The molecular weight excluding hydrogens is 1590 g/mol. The highest BCUT2D eigenvalue weighted by Crippen LogP contribution is 2.38. The predicted molar refractivity (Wildman–Crippen MR) is 488 cm³/mol. The van der Waals surface area contributed by atoms with Crippen molar-refractivity contribution in [2.45, 2.75) is 177 Å². The van der Waals surface area contributed by atoms with E-state index in [9.17, 15) is 24.0 Å². The summed E-state index contributed by atoms with van der Waals surface area (Å²) in [6, 6.07) is 40.6. The number of nitrogens with zero attached hydrogens (tertiary/aromatic N) is 12. The molecular formula is C99H117Cl2N17O6. The normalized spacial score (nSPS) is 15.6. The van der Waals surface area contributed by atoms with Gasteiger partial charge in [0.2, 0.25) is 0 Å². The molecule has 2 aliphatic heterocycles. The minimum atomic E-state index is -0.0790. The van der Waals surface area contributed by atoms with Gasteiger partial charge >= 0.3 is 0 Å². The van der Waals surface area contributed by atoms with E-state index in [1.54, 1.807) is 12.1 Å². The van der Waals surface area contributed by atoms with Crippen molar-refractivity contribution < 1.29 is 28.7 Å². The van der Waals surface area contributed by atoms with Gasteiger partial charge in [0.05, 0.1) is 18.9 Å². The van der Waals surface area contributed by atoms with Gasteiger partial charge in [-0.25, -0.2) is 0 Å². The van der Waals surface area contributed by atoms with Crippen LogP contribution in [0.3, 0.4) is 0 Å². The van der Waals surface area contributed by atoms with E-state index in [4.69, 9.17) is 27.9 Å². The summed E-state index contributed by atoms with van der Waals surface area (Å²) in [5.41, 5.74) is 25.5. The number of rotatable bonds is 26. The first-order chi connectivity index (χ1) is 60.0. The number of benzene rings is 5. The number of para-hydroxylation sites is 1. The number of aliphatic imine (C=N–C) groups is 1. The van der Waals surface area contributed by atoms with E-state index in [0.717, 1.165) is 99.8 Å². The molecule has 124 heavy (non-hydrogen) atoms. The lowest BCUT2D eigenvalue weighted by molar-refractivity contribution is -0.0442. The van der Waals surface area contributed by atoms with Gasteiger partial charge in [0.25, 0.3) is 29.5 Å². The number of halogens is 2. The summed E-state index contributed by atoms with van der Waals surface area (Å²) >= 11 is 11.8. The third kappa shape index (κ3) is 22.1. The van der Waals surface area contributed by atoms with Gasteiger partial charge in [-0.2, -0.15) is 25.5 Å². The van der Waals surface area contributed by atoms with Crippen molar-refractivity contribution in [2.24, 2.45) is 34.1 Å². The number of H-pyrrole nitrogens is 5. The van der Waals surface area contributed by atoms with Crippen LogP contribution in [0.4, 0.5) is 5.69 Å². The highest BCUT2D eigenvalue weighted by molar-refractivity contribution is 6.30. The molecule has 0 bridgehead atoms. The number of hydrogen-bond donors (Lipinski definition) is 5. The smallest absolute Gasteiger partial charge is 0.274 e. The molecule has 5 aromatic carbocycles. The zero-order valence-electron chi connectivity index (χ0n) is 72.9. The van der Waals surface area contributed by atoms with E-state index in [1.807, 2.05) is 75.8 Å². The van der Waals surface area contributed by atoms with Crippen LogP contribution in [0.1, 0.15) is 232 Å². The Labute approximate surface area is 738 Å². The monoisotopic (exact) mass is 1710 g/mol. The molecule has 0 unspecified atom stereocenters. The van der Waals surface area contributed by atoms with Crippen LogP contribution in [0, 0.1) is 49.9 Å². The minimum Gasteiger partial charge on any atom is -0.381 e. The van der Waals surface area contributed by atoms with E-state index < -0.39 is 0 Å². The Balaban J connectivity index is 0.000000120. The molecule has 0 atom stereocenters. The summed E-state index contributed by atoms with van der Waals surface area (Å²) in [5, 5.41) is 35.3. The van der Waals surface area contributed by atoms with Gasteiger partial charge in [0, 0.05) is 120 Å². The Kier molecular flexibility index (Phi) is 28.5. The number of likely N-dealkylation sites (N-methyl/N-ethyl adjacent to an activating group) is 1. The maximum atomic E-state index is 13.2. The molecule has 23 nitrogen and oxygen atoms in total. The number of hydrogen-bond acceptors (Lipinski definition) is 13. The second-order valence-corrected chi connectivity index (χ2v) is 37.2. The van der Waals surface area contributed by atoms with Gasteiger partial charge in [-0.05, 0) is 237 Å². The van der Waals surface area contributed by atoms with Crippen LogP contribution >= 0.6 is 23.2 Å². The molecule has 19 rings (SSSR count). The molecule has 5 N–H and O–H groups in total. The summed E-state index contributed by atoms with van der Waals surface area (Å²) in [6.45, 7) is 21.5. The van der Waals surface area contributed by atoms with Crippen LogP contribution < -0.4 is 0 Å². The molecule has 25 heteroatoms. The molecule has 648 valence electrons. The van der Waals surface area contributed by atoms with Crippen molar-refractivity contribution in [1.82, 2.24) is 80.4 Å². The number of carbonyl (C=O) groups excluding carboxylic acids is 5. The number of nitrogens with one attached hydrogen (secondary N) is 5. The fourth-order valence-electron chi connectivity index (χ4n) is 17.9. The van der Waals surface area contributed by atoms with E-state index in [2.05, 4.69) is 211 Å². The topological polar surface area (TPSA) is 270 Å². The lowest BCUT2D eigenvalue weighted by Gasteiger charge is -2.32. The van der Waals surface area contributed by atoms with Gasteiger partial charge < -0.3 is 34.1 Å². The van der Waals surface area contributed by atoms with Crippen molar-refractivity contribution in [3.63, 3.8) is 0 Å². The third-order valence-electron chi connectivity index (χ3n) is 24.9. The number of aryl methyl sites for hydroxylation is 4. The van der Waals surface area contributed by atoms with E-state index in [1.165, 1.54) is 149 Å². The minimum absolute atomic E-state index is 0.0196. The zero-order chi connectivity index (χ0) is 86.5. The van der Waals surface area contributed by atoms with Gasteiger partial charge in [0.15, 0.2) is 11.4 Å². The summed E-state index contributed by atoms with van der Waals surface area (Å²) in [5.74, 6) is 2.14. The quantitative estimate of drug-likeness (QED) is 0.0339. The molecule has 10 aromatic rings. The van der Waals surface area contributed by atoms with Crippen molar-refractivity contribution in [3.8, 4) is 0 Å². The van der Waals surface area contributed by atoms with E-state index in [-0.39, 0.29) is 35.0 Å². The molecule has 1 saturated heterocycles. The van der Waals surface area contributed by atoms with Crippen LogP contribution in [0.2, 0.25) is 10.3 Å². The van der Waals surface area contributed by atoms with Gasteiger partial charge in [0.1, 0.15) is 27.4 Å². The maximum Gasteiger partial charge on any atom is 0.274 e. The Morgan fingerprint density at radius 2 is 0.831 bits per heavy atom. The van der Waals surface area contributed by atoms with Gasteiger partial charge in [-0.15, -0.1) is 0 Å². The van der Waals surface area contributed by atoms with Crippen LogP contribution in [-0.2, 0) is 76.0 Å². The highest BCUT2D eigenvalue weighted by atomic mass is 35.5. The number of aromatic nitrogens is 10. The Bertz CT molecular complexity index is 5440. The highest BCUT2D eigenvalue weighted by Gasteiger charge is 2.34. The first kappa shape index (κ1) is 87.8. The van der Waals surface area contributed by atoms with Gasteiger partial charge in [-0.3, -0.25) is 54.5 Å². The van der Waals surface area contributed by atoms with Crippen molar-refractivity contribution in [2.75, 3.05) is 66.6 Å². The molecule has 9 aliphatic rings. The molecule has 7 aliphatic carbocycles. The molecule has 0 spiro atoms. The lowest BCUT2D eigenvalue weighted by atomic mass is 9.85. The average Bonchev–Trinajstić information content (AvgIpc) is 1.63. The zero-order valence-corrected chi connectivity index (χ0v) is 74.4. The van der Waals surface area contributed by atoms with Crippen LogP contribution in [-0.4, -0.2) is 183 Å². The second kappa shape index (κ2) is 40.2. The van der Waals surface area contributed by atoms with Gasteiger partial charge in [-0.1, -0.05) is 185 Å². The van der Waals surface area contributed by atoms with Crippen molar-refractivity contribution in [3.05, 3.63) is 273 Å². The average molecular weight is 1710 g/mol. The predicted octanol–water partition coefficient (Wildman–Crippen LogP) is 18.0. The van der Waals surface area contributed by atoms with E-state index >= 15 is 0 Å². The number of aromatic amines is 5. The Morgan fingerprint density at radius 3 is 1.27 bits per heavy atom. The largest absolute Gasteiger partial charge is 0.381 e. The first-order valence-corrected chi connectivity index (χ1v) is 45.0. The van der Waals surface area contributed by atoms with Crippen LogP contribution in [0.25, 0.3) is 17.7 Å². The molecule has 5 amide bonds. The summed E-state index contributed by atoms with van der Waals surface area (Å²) in [7, 11) is 4.18. The summed E-state index contributed by atoms with van der Waals surface area (Å²) in [6.07, 6.45) is 31.4. The first-order valence-electron chi connectivity index (χ1n) is 44.2.